The maximum atomic E-state index is 13.5. The lowest BCUT2D eigenvalue weighted by molar-refractivity contribution is 0.0697. The highest BCUT2D eigenvalue weighted by atomic mass is 35.5. The van der Waals surface area contributed by atoms with Gasteiger partial charge in [0, 0.05) is 10.6 Å². The fourth-order valence-corrected chi connectivity index (χ4v) is 5.14. The second-order valence-electron chi connectivity index (χ2n) is 6.60. The van der Waals surface area contributed by atoms with Crippen LogP contribution < -0.4 is 0 Å². The quantitative estimate of drug-likeness (QED) is 0.425. The Labute approximate surface area is 191 Å². The molecule has 32 heavy (non-hydrogen) atoms. The lowest BCUT2D eigenvalue weighted by Gasteiger charge is -2.10. The van der Waals surface area contributed by atoms with Crippen LogP contribution >= 0.6 is 23.2 Å². The van der Waals surface area contributed by atoms with Gasteiger partial charge < -0.3 is 5.11 Å². The molecule has 0 radical (unpaired) electrons. The van der Waals surface area contributed by atoms with Crippen LogP contribution in [-0.2, 0) is 9.84 Å². The number of benzene rings is 3. The van der Waals surface area contributed by atoms with E-state index in [2.05, 4.69) is 10.3 Å². The van der Waals surface area contributed by atoms with E-state index >= 15 is 0 Å². The predicted molar refractivity (Wildman–Crippen MR) is 116 cm³/mol. The Kier molecular flexibility index (Phi) is 5.72. The summed E-state index contributed by atoms with van der Waals surface area (Å²) in [6.07, 6.45) is 0. The lowest BCUT2D eigenvalue weighted by Crippen LogP contribution is -2.07. The standard InChI is InChI=1S/C21H12Cl2FN3O4S/c22-14-6-9-18(17(23)11-14)32(30,31)20-19(12-4-7-15(24)8-5-12)27(26-25-20)16-3-1-2-13(10-16)21(28)29/h1-11H,(H,28,29). The average Bonchev–Trinajstić information content (AvgIpc) is 3.20. The van der Waals surface area contributed by atoms with Crippen molar-refractivity contribution in [1.82, 2.24) is 15.0 Å². The summed E-state index contributed by atoms with van der Waals surface area (Å²) < 4.78 is 41.6. The summed E-state index contributed by atoms with van der Waals surface area (Å²) in [5.41, 5.74) is 0.521. The third-order valence-electron chi connectivity index (χ3n) is 4.53. The van der Waals surface area contributed by atoms with Gasteiger partial charge >= 0.3 is 5.97 Å². The van der Waals surface area contributed by atoms with E-state index in [0.29, 0.717) is 5.56 Å². The first kappa shape index (κ1) is 21.9. The van der Waals surface area contributed by atoms with Crippen LogP contribution in [0.1, 0.15) is 10.4 Å². The Morgan fingerprint density at radius 2 is 1.72 bits per heavy atom. The number of carboxylic acids is 1. The molecular weight excluding hydrogens is 480 g/mol. The normalized spacial score (nSPS) is 11.5. The molecule has 0 amide bonds. The van der Waals surface area contributed by atoms with Gasteiger partial charge in [-0.3, -0.25) is 0 Å². The molecular formula is C21H12Cl2FN3O4S. The van der Waals surface area contributed by atoms with Crippen molar-refractivity contribution in [3.63, 3.8) is 0 Å². The van der Waals surface area contributed by atoms with Crippen LogP contribution in [0, 0.1) is 5.82 Å². The van der Waals surface area contributed by atoms with Gasteiger partial charge in [0.1, 0.15) is 11.5 Å². The number of carbonyl (C=O) groups is 1. The molecule has 3 aromatic carbocycles. The first-order valence-corrected chi connectivity index (χ1v) is 11.2. The molecule has 0 saturated carbocycles. The first-order chi connectivity index (χ1) is 15.2. The molecule has 4 rings (SSSR count). The minimum atomic E-state index is -4.28. The van der Waals surface area contributed by atoms with Gasteiger partial charge in [-0.05, 0) is 60.7 Å². The summed E-state index contributed by atoms with van der Waals surface area (Å²) >= 11 is 12.0. The molecule has 0 unspecified atom stereocenters. The molecule has 4 aromatic rings. The largest absolute Gasteiger partial charge is 0.478 e. The molecule has 162 valence electrons. The molecule has 0 spiro atoms. The number of aromatic carboxylic acids is 1. The van der Waals surface area contributed by atoms with Gasteiger partial charge in [0.2, 0.25) is 14.9 Å². The van der Waals surface area contributed by atoms with E-state index in [1.54, 1.807) is 6.07 Å². The number of carboxylic acid groups (broad SMARTS) is 1. The number of hydrogen-bond donors (Lipinski definition) is 1. The second-order valence-corrected chi connectivity index (χ2v) is 9.27. The number of halogens is 3. The van der Waals surface area contributed by atoms with Gasteiger partial charge in [-0.25, -0.2) is 22.3 Å². The van der Waals surface area contributed by atoms with Crippen LogP contribution in [0.2, 0.25) is 10.0 Å². The van der Waals surface area contributed by atoms with Crippen LogP contribution in [0.25, 0.3) is 16.9 Å². The second kappa shape index (κ2) is 8.34. The molecule has 0 aliphatic heterocycles. The maximum absolute atomic E-state index is 13.5. The third kappa shape index (κ3) is 3.97. The van der Waals surface area contributed by atoms with Crippen LogP contribution in [0.5, 0.6) is 0 Å². The highest BCUT2D eigenvalue weighted by Gasteiger charge is 2.31. The van der Waals surface area contributed by atoms with Crippen molar-refractivity contribution in [2.75, 3.05) is 0 Å². The molecule has 0 atom stereocenters. The minimum Gasteiger partial charge on any atom is -0.478 e. The van der Waals surface area contributed by atoms with Crippen molar-refractivity contribution in [3.05, 3.63) is 88.2 Å². The minimum absolute atomic E-state index is 0.0126. The van der Waals surface area contributed by atoms with E-state index < -0.39 is 26.6 Å². The topological polar surface area (TPSA) is 102 Å². The SMILES string of the molecule is O=C(O)c1cccc(-n2nnc(S(=O)(=O)c3ccc(Cl)cc3Cl)c2-c2ccc(F)cc2)c1. The molecule has 1 aromatic heterocycles. The van der Waals surface area contributed by atoms with E-state index in [1.807, 2.05) is 0 Å². The molecule has 1 heterocycles. The van der Waals surface area contributed by atoms with E-state index in [4.69, 9.17) is 23.2 Å². The molecule has 0 aliphatic carbocycles. The monoisotopic (exact) mass is 491 g/mol. The van der Waals surface area contributed by atoms with Gasteiger partial charge in [0.25, 0.3) is 0 Å². The average molecular weight is 492 g/mol. The fourth-order valence-electron chi connectivity index (χ4n) is 3.05. The Balaban J connectivity index is 1.99. The predicted octanol–water partition coefficient (Wildman–Crippen LogP) is 4.91. The summed E-state index contributed by atoms with van der Waals surface area (Å²) in [4.78, 5) is 11.1. The summed E-state index contributed by atoms with van der Waals surface area (Å²) in [6, 6.07) is 14.7. The molecule has 0 bridgehead atoms. The van der Waals surface area contributed by atoms with Crippen LogP contribution in [0.3, 0.4) is 0 Å². The van der Waals surface area contributed by atoms with Crippen molar-refractivity contribution in [2.24, 2.45) is 0 Å². The zero-order valence-electron chi connectivity index (χ0n) is 15.9. The Bertz CT molecular complexity index is 1450. The number of hydrogen-bond acceptors (Lipinski definition) is 5. The van der Waals surface area contributed by atoms with Gasteiger partial charge in [0.15, 0.2) is 0 Å². The van der Waals surface area contributed by atoms with Crippen molar-refractivity contribution >= 4 is 39.0 Å². The fraction of sp³-hybridized carbons (Fsp3) is 0. The van der Waals surface area contributed by atoms with E-state index in [1.165, 1.54) is 53.2 Å². The van der Waals surface area contributed by atoms with Crippen LogP contribution in [0.4, 0.5) is 4.39 Å². The zero-order chi connectivity index (χ0) is 23.0. The van der Waals surface area contributed by atoms with Crippen molar-refractivity contribution in [3.8, 4) is 16.9 Å². The zero-order valence-corrected chi connectivity index (χ0v) is 18.2. The van der Waals surface area contributed by atoms with Crippen molar-refractivity contribution in [1.29, 1.82) is 0 Å². The summed E-state index contributed by atoms with van der Waals surface area (Å²) in [7, 11) is -4.28. The molecule has 11 heteroatoms. The van der Waals surface area contributed by atoms with Crippen LogP contribution in [0.15, 0.2) is 76.7 Å². The third-order valence-corrected chi connectivity index (χ3v) is 6.91. The summed E-state index contributed by atoms with van der Waals surface area (Å²) in [5, 5.41) is 16.8. The van der Waals surface area contributed by atoms with Gasteiger partial charge in [-0.15, -0.1) is 5.10 Å². The molecule has 0 saturated heterocycles. The molecule has 7 nitrogen and oxygen atoms in total. The van der Waals surface area contributed by atoms with E-state index in [-0.39, 0.29) is 31.9 Å². The van der Waals surface area contributed by atoms with Gasteiger partial charge in [-0.1, -0.05) is 34.5 Å². The number of rotatable bonds is 5. The maximum Gasteiger partial charge on any atom is 0.335 e. The molecule has 1 N–H and O–H groups in total. The van der Waals surface area contributed by atoms with Crippen molar-refractivity contribution < 1.29 is 22.7 Å². The Morgan fingerprint density at radius 1 is 1.00 bits per heavy atom. The highest BCUT2D eigenvalue weighted by Crippen LogP contribution is 2.35. The van der Waals surface area contributed by atoms with Gasteiger partial charge in [-0.2, -0.15) is 0 Å². The van der Waals surface area contributed by atoms with E-state index in [0.717, 1.165) is 12.1 Å². The Hall–Kier alpha value is -3.27. The van der Waals surface area contributed by atoms with Crippen molar-refractivity contribution in [2.45, 2.75) is 9.92 Å². The highest BCUT2D eigenvalue weighted by molar-refractivity contribution is 7.91. The summed E-state index contributed by atoms with van der Waals surface area (Å²) in [5.74, 6) is -1.69. The number of sulfone groups is 1. The van der Waals surface area contributed by atoms with E-state index in [9.17, 15) is 22.7 Å². The summed E-state index contributed by atoms with van der Waals surface area (Å²) in [6.45, 7) is 0. The molecule has 0 aliphatic rings. The first-order valence-electron chi connectivity index (χ1n) is 8.94. The van der Waals surface area contributed by atoms with Crippen LogP contribution in [-0.4, -0.2) is 34.5 Å². The number of aromatic nitrogens is 3. The lowest BCUT2D eigenvalue weighted by atomic mass is 10.1. The van der Waals surface area contributed by atoms with Gasteiger partial charge in [0.05, 0.1) is 21.2 Å². The smallest absolute Gasteiger partial charge is 0.335 e. The Morgan fingerprint density at radius 3 is 2.38 bits per heavy atom. The molecule has 0 fully saturated rings. The number of nitrogens with zero attached hydrogens (tertiary/aromatic N) is 3.